The Kier molecular flexibility index (Phi) is 6.36. The van der Waals surface area contributed by atoms with E-state index < -0.39 is 13.2 Å². The average Bonchev–Trinajstić information content (AvgIpc) is 2.12. The summed E-state index contributed by atoms with van der Waals surface area (Å²) in [5.41, 5.74) is 0. The zero-order valence-corrected chi connectivity index (χ0v) is 8.84. The van der Waals surface area contributed by atoms with Crippen molar-refractivity contribution in [3.05, 3.63) is 20.1 Å². The molecule has 6 heteroatoms. The van der Waals surface area contributed by atoms with Gasteiger partial charge < -0.3 is 10.2 Å². The first kappa shape index (κ1) is 12.6. The fraction of sp³-hybridized carbons (Fsp3) is 0.333. The number of hydrogen-bond donors (Lipinski definition) is 2. The first-order valence-electron chi connectivity index (χ1n) is 2.85. The topological polar surface area (TPSA) is 40.5 Å². The third-order valence-corrected chi connectivity index (χ3v) is 2.69. The highest BCUT2D eigenvalue weighted by Crippen LogP contribution is 2.28. The standard InChI is InChI=1S/C6H6Cl4O2/c7-3(1-11)5(9)6(10)4(8)2-12/h11-12H,1-2H2/b5-3-,6-4-. The van der Waals surface area contributed by atoms with Crippen LogP contribution in [0.3, 0.4) is 0 Å². The van der Waals surface area contributed by atoms with Crippen molar-refractivity contribution in [2.75, 3.05) is 13.2 Å². The Bertz CT molecular complexity index is 198. The highest BCUT2D eigenvalue weighted by molar-refractivity contribution is 6.50. The normalized spacial score (nSPS) is 15.5. The van der Waals surface area contributed by atoms with Crippen molar-refractivity contribution in [1.29, 1.82) is 0 Å². The third-order valence-electron chi connectivity index (χ3n) is 0.947. The van der Waals surface area contributed by atoms with Gasteiger partial charge in [-0.3, -0.25) is 0 Å². The zero-order valence-electron chi connectivity index (χ0n) is 5.82. The Morgan fingerprint density at radius 2 is 1.00 bits per heavy atom. The average molecular weight is 252 g/mol. The quantitative estimate of drug-likeness (QED) is 0.757. The van der Waals surface area contributed by atoms with Gasteiger partial charge in [0.15, 0.2) is 0 Å². The molecule has 0 heterocycles. The van der Waals surface area contributed by atoms with E-state index in [4.69, 9.17) is 56.6 Å². The van der Waals surface area contributed by atoms with Crippen LogP contribution in [0, 0.1) is 0 Å². The maximum absolute atomic E-state index is 8.55. The summed E-state index contributed by atoms with van der Waals surface area (Å²) in [6, 6.07) is 0. The lowest BCUT2D eigenvalue weighted by Gasteiger charge is -2.01. The SMILES string of the molecule is OC/C(Cl)=C(Cl)\C(Cl)=C(\Cl)CO. The van der Waals surface area contributed by atoms with E-state index in [1.807, 2.05) is 0 Å². The summed E-state index contributed by atoms with van der Waals surface area (Å²) in [4.78, 5) is 0. The first-order valence-corrected chi connectivity index (χ1v) is 4.36. The molecule has 0 saturated carbocycles. The molecule has 0 rings (SSSR count). The van der Waals surface area contributed by atoms with Crippen LogP contribution >= 0.6 is 46.4 Å². The number of halogens is 4. The summed E-state index contributed by atoms with van der Waals surface area (Å²) in [5, 5.41) is 16.9. The summed E-state index contributed by atoms with van der Waals surface area (Å²) in [6.07, 6.45) is 0. The Morgan fingerprint density at radius 3 is 1.17 bits per heavy atom. The van der Waals surface area contributed by atoms with Gasteiger partial charge in [-0.1, -0.05) is 46.4 Å². The molecule has 0 bridgehead atoms. The highest BCUT2D eigenvalue weighted by atomic mass is 35.5. The summed E-state index contributed by atoms with van der Waals surface area (Å²) < 4.78 is 0. The van der Waals surface area contributed by atoms with E-state index in [0.717, 1.165) is 0 Å². The minimum atomic E-state index is -0.424. The monoisotopic (exact) mass is 250 g/mol. The van der Waals surface area contributed by atoms with E-state index in [-0.39, 0.29) is 20.1 Å². The van der Waals surface area contributed by atoms with Crippen molar-refractivity contribution >= 4 is 46.4 Å². The molecule has 0 atom stereocenters. The number of allylic oxidation sites excluding steroid dienone is 2. The second kappa shape index (κ2) is 6.08. The van der Waals surface area contributed by atoms with Crippen molar-refractivity contribution in [1.82, 2.24) is 0 Å². The lowest BCUT2D eigenvalue weighted by molar-refractivity contribution is 0.336. The fourth-order valence-corrected chi connectivity index (χ4v) is 1.01. The van der Waals surface area contributed by atoms with Crippen molar-refractivity contribution in [2.24, 2.45) is 0 Å². The van der Waals surface area contributed by atoms with E-state index in [9.17, 15) is 0 Å². The number of hydrogen-bond acceptors (Lipinski definition) is 2. The fourth-order valence-electron chi connectivity index (χ4n) is 0.377. The van der Waals surface area contributed by atoms with E-state index in [1.165, 1.54) is 0 Å². The van der Waals surface area contributed by atoms with Gasteiger partial charge in [0.1, 0.15) is 0 Å². The first-order chi connectivity index (χ1) is 5.54. The van der Waals surface area contributed by atoms with Crippen LogP contribution in [-0.2, 0) is 0 Å². The largest absolute Gasteiger partial charge is 0.391 e. The Balaban J connectivity index is 4.82. The van der Waals surface area contributed by atoms with Crippen molar-refractivity contribution in [3.8, 4) is 0 Å². The van der Waals surface area contributed by atoms with Gasteiger partial charge in [0.25, 0.3) is 0 Å². The molecule has 0 aliphatic carbocycles. The molecule has 2 N–H and O–H groups in total. The van der Waals surface area contributed by atoms with Gasteiger partial charge in [-0.05, 0) is 0 Å². The second-order valence-electron chi connectivity index (χ2n) is 1.75. The van der Waals surface area contributed by atoms with Gasteiger partial charge in [-0.2, -0.15) is 0 Å². The van der Waals surface area contributed by atoms with Crippen LogP contribution < -0.4 is 0 Å². The number of aliphatic hydroxyl groups excluding tert-OH is 2. The van der Waals surface area contributed by atoms with E-state index >= 15 is 0 Å². The van der Waals surface area contributed by atoms with Crippen LogP contribution in [0.1, 0.15) is 0 Å². The summed E-state index contributed by atoms with van der Waals surface area (Å²) in [6.45, 7) is -0.849. The lowest BCUT2D eigenvalue weighted by atomic mass is 10.4. The lowest BCUT2D eigenvalue weighted by Crippen LogP contribution is -1.90. The number of aliphatic hydroxyl groups is 2. The molecule has 0 radical (unpaired) electrons. The van der Waals surface area contributed by atoms with Crippen LogP contribution in [0.15, 0.2) is 20.1 Å². The molecule has 0 aromatic carbocycles. The van der Waals surface area contributed by atoms with Gasteiger partial charge in [0.05, 0.1) is 33.3 Å². The summed E-state index contributed by atoms with van der Waals surface area (Å²) >= 11 is 22.0. The van der Waals surface area contributed by atoms with Crippen molar-refractivity contribution < 1.29 is 10.2 Å². The number of rotatable bonds is 3. The molecule has 0 aliphatic rings. The van der Waals surface area contributed by atoms with Gasteiger partial charge in [-0.25, -0.2) is 0 Å². The molecule has 0 aromatic rings. The summed E-state index contributed by atoms with van der Waals surface area (Å²) in [7, 11) is 0. The molecule has 70 valence electrons. The Hall–Kier alpha value is 0.560. The van der Waals surface area contributed by atoms with E-state index in [1.54, 1.807) is 0 Å². The van der Waals surface area contributed by atoms with Crippen molar-refractivity contribution in [2.45, 2.75) is 0 Å². The van der Waals surface area contributed by atoms with Crippen molar-refractivity contribution in [3.63, 3.8) is 0 Å². The van der Waals surface area contributed by atoms with Crippen LogP contribution in [0.4, 0.5) is 0 Å². The van der Waals surface area contributed by atoms with Crippen LogP contribution in [-0.4, -0.2) is 23.4 Å². The minimum Gasteiger partial charge on any atom is -0.391 e. The molecule has 2 nitrogen and oxygen atoms in total. The minimum absolute atomic E-state index is 0.0201. The van der Waals surface area contributed by atoms with Crippen LogP contribution in [0.5, 0.6) is 0 Å². The predicted octanol–water partition coefficient (Wildman–Crippen LogP) is 2.35. The molecule has 0 aliphatic heterocycles. The molecule has 0 spiro atoms. The highest BCUT2D eigenvalue weighted by Gasteiger charge is 2.09. The van der Waals surface area contributed by atoms with Crippen LogP contribution in [0.25, 0.3) is 0 Å². The molecular weight excluding hydrogens is 246 g/mol. The second-order valence-corrected chi connectivity index (χ2v) is 3.42. The molecular formula is C6H6Cl4O2. The Morgan fingerprint density at radius 1 is 0.750 bits per heavy atom. The molecule has 0 fully saturated rings. The smallest absolute Gasteiger partial charge is 0.0803 e. The van der Waals surface area contributed by atoms with E-state index in [0.29, 0.717) is 0 Å². The molecule has 12 heavy (non-hydrogen) atoms. The molecule has 0 saturated heterocycles. The third kappa shape index (κ3) is 3.52. The van der Waals surface area contributed by atoms with Gasteiger partial charge in [0, 0.05) is 0 Å². The maximum Gasteiger partial charge on any atom is 0.0803 e. The van der Waals surface area contributed by atoms with Gasteiger partial charge in [-0.15, -0.1) is 0 Å². The Labute approximate surface area is 90.0 Å². The zero-order chi connectivity index (χ0) is 9.72. The summed E-state index contributed by atoms with van der Waals surface area (Å²) in [5.74, 6) is 0. The van der Waals surface area contributed by atoms with Gasteiger partial charge in [0.2, 0.25) is 0 Å². The molecule has 0 amide bonds. The van der Waals surface area contributed by atoms with Gasteiger partial charge >= 0.3 is 0 Å². The predicted molar refractivity (Wildman–Crippen MR) is 51.6 cm³/mol. The molecule has 0 unspecified atom stereocenters. The van der Waals surface area contributed by atoms with Crippen LogP contribution in [0.2, 0.25) is 0 Å². The molecule has 0 aromatic heterocycles. The van der Waals surface area contributed by atoms with E-state index in [2.05, 4.69) is 0 Å². The maximum atomic E-state index is 8.55.